The van der Waals surface area contributed by atoms with Crippen LogP contribution >= 0.6 is 0 Å². The topological polar surface area (TPSA) is 65.4 Å². The van der Waals surface area contributed by atoms with E-state index >= 15 is 0 Å². The quantitative estimate of drug-likeness (QED) is 0.272. The first kappa shape index (κ1) is 24.3. The molecule has 0 fully saturated rings. The molecule has 0 saturated heterocycles. The second-order valence-corrected chi connectivity index (χ2v) is 8.49. The number of carbonyl (C=O) groups is 1. The van der Waals surface area contributed by atoms with Gasteiger partial charge in [-0.15, -0.1) is 0 Å². The Balaban J connectivity index is 1.26. The third-order valence-corrected chi connectivity index (χ3v) is 5.97. The number of unbranched alkanes of at least 4 members (excludes halogenated alkanes) is 1. The number of carbonyl (C=O) groups excluding carboxylic acids is 1. The van der Waals surface area contributed by atoms with Gasteiger partial charge in [0.1, 0.15) is 17.3 Å². The van der Waals surface area contributed by atoms with Gasteiger partial charge < -0.3 is 19.4 Å². The average molecular weight is 472 g/mol. The molecule has 0 aliphatic heterocycles. The van der Waals surface area contributed by atoms with Crippen LogP contribution in [-0.2, 0) is 24.2 Å². The summed E-state index contributed by atoms with van der Waals surface area (Å²) in [7, 11) is 1.66. The van der Waals surface area contributed by atoms with E-state index in [1.54, 1.807) is 7.11 Å². The summed E-state index contributed by atoms with van der Waals surface area (Å²) in [6.45, 7) is 2.09. The number of hydrogen-bond acceptors (Lipinski definition) is 4. The third-order valence-electron chi connectivity index (χ3n) is 5.97. The van der Waals surface area contributed by atoms with E-state index in [-0.39, 0.29) is 5.91 Å². The SMILES string of the molecule is COc1cccc(OCCCCn2c(CCNC(=O)CCc3ccccc3)nc3ccccc32)c1. The van der Waals surface area contributed by atoms with Crippen LogP contribution in [0.5, 0.6) is 11.5 Å². The van der Waals surface area contributed by atoms with Gasteiger partial charge in [0.15, 0.2) is 0 Å². The molecule has 0 spiro atoms. The van der Waals surface area contributed by atoms with Crippen LogP contribution in [0.1, 0.15) is 30.7 Å². The number of nitrogens with one attached hydrogen (secondary N) is 1. The van der Waals surface area contributed by atoms with Crippen LogP contribution in [0.15, 0.2) is 78.9 Å². The van der Waals surface area contributed by atoms with Crippen LogP contribution in [-0.4, -0.2) is 35.7 Å². The van der Waals surface area contributed by atoms with Crippen LogP contribution in [0.25, 0.3) is 11.0 Å². The second-order valence-electron chi connectivity index (χ2n) is 8.49. The minimum absolute atomic E-state index is 0.0752. The highest BCUT2D eigenvalue weighted by Crippen LogP contribution is 2.20. The standard InChI is InChI=1S/C29H33N3O3/c1-34-24-12-9-13-25(22-24)35-21-8-7-20-32-27-15-6-5-14-26(27)31-28(32)18-19-30-29(33)17-16-23-10-3-2-4-11-23/h2-6,9-15,22H,7-8,16-21H2,1H3,(H,30,33). The van der Waals surface area contributed by atoms with Gasteiger partial charge in [-0.3, -0.25) is 4.79 Å². The van der Waals surface area contributed by atoms with Crippen molar-refractivity contribution in [3.05, 3.63) is 90.3 Å². The van der Waals surface area contributed by atoms with Crippen molar-refractivity contribution < 1.29 is 14.3 Å². The van der Waals surface area contributed by atoms with Gasteiger partial charge in [-0.05, 0) is 49.1 Å². The lowest BCUT2D eigenvalue weighted by molar-refractivity contribution is -0.121. The fourth-order valence-electron chi connectivity index (χ4n) is 4.12. The van der Waals surface area contributed by atoms with Gasteiger partial charge in [0, 0.05) is 32.0 Å². The molecule has 6 heteroatoms. The normalized spacial score (nSPS) is 10.9. The summed E-state index contributed by atoms with van der Waals surface area (Å²) in [5.74, 6) is 2.69. The molecule has 1 heterocycles. The Morgan fingerprint density at radius 2 is 1.71 bits per heavy atom. The van der Waals surface area contributed by atoms with Crippen molar-refractivity contribution in [1.29, 1.82) is 0 Å². The zero-order valence-electron chi connectivity index (χ0n) is 20.3. The van der Waals surface area contributed by atoms with Gasteiger partial charge in [0.25, 0.3) is 0 Å². The van der Waals surface area contributed by atoms with Crippen LogP contribution in [0, 0.1) is 0 Å². The molecular weight excluding hydrogens is 438 g/mol. The predicted molar refractivity (Wildman–Crippen MR) is 139 cm³/mol. The molecule has 4 aromatic rings. The van der Waals surface area contributed by atoms with Gasteiger partial charge in [0.2, 0.25) is 5.91 Å². The maximum atomic E-state index is 12.3. The van der Waals surface area contributed by atoms with Gasteiger partial charge >= 0.3 is 0 Å². The summed E-state index contributed by atoms with van der Waals surface area (Å²) in [6, 6.07) is 26.0. The lowest BCUT2D eigenvalue weighted by Crippen LogP contribution is -2.26. The average Bonchev–Trinajstić information content (AvgIpc) is 3.25. The molecule has 1 N–H and O–H groups in total. The monoisotopic (exact) mass is 471 g/mol. The van der Waals surface area contributed by atoms with Gasteiger partial charge in [-0.1, -0.05) is 48.5 Å². The highest BCUT2D eigenvalue weighted by molar-refractivity contribution is 5.77. The molecule has 0 bridgehead atoms. The first-order chi connectivity index (χ1) is 17.2. The lowest BCUT2D eigenvalue weighted by Gasteiger charge is -2.11. The van der Waals surface area contributed by atoms with E-state index in [9.17, 15) is 4.79 Å². The number of amides is 1. The summed E-state index contributed by atoms with van der Waals surface area (Å²) < 4.78 is 13.4. The number of nitrogens with zero attached hydrogens (tertiary/aromatic N) is 2. The molecule has 0 aliphatic rings. The molecule has 0 aliphatic carbocycles. The largest absolute Gasteiger partial charge is 0.497 e. The van der Waals surface area contributed by atoms with Crippen molar-refractivity contribution in [2.45, 2.75) is 38.6 Å². The molecule has 1 amide bonds. The Labute approximate surface area is 206 Å². The van der Waals surface area contributed by atoms with Crippen molar-refractivity contribution in [2.75, 3.05) is 20.3 Å². The van der Waals surface area contributed by atoms with Crippen LogP contribution in [0.4, 0.5) is 0 Å². The highest BCUT2D eigenvalue weighted by Gasteiger charge is 2.11. The number of ether oxygens (including phenoxy) is 2. The van der Waals surface area contributed by atoms with Crippen molar-refractivity contribution in [3.63, 3.8) is 0 Å². The van der Waals surface area contributed by atoms with Gasteiger partial charge in [-0.2, -0.15) is 0 Å². The molecule has 6 nitrogen and oxygen atoms in total. The Hall–Kier alpha value is -3.80. The minimum atomic E-state index is 0.0752. The molecule has 182 valence electrons. The fourth-order valence-corrected chi connectivity index (χ4v) is 4.12. The van der Waals surface area contributed by atoms with Crippen molar-refractivity contribution in [2.24, 2.45) is 0 Å². The Morgan fingerprint density at radius 3 is 2.57 bits per heavy atom. The molecule has 0 unspecified atom stereocenters. The molecule has 4 rings (SSSR count). The summed E-state index contributed by atoms with van der Waals surface area (Å²) in [5.41, 5.74) is 3.30. The number of benzene rings is 3. The molecule has 0 atom stereocenters. The number of para-hydroxylation sites is 2. The summed E-state index contributed by atoms with van der Waals surface area (Å²) in [6.07, 6.45) is 3.85. The lowest BCUT2D eigenvalue weighted by atomic mass is 10.1. The van der Waals surface area contributed by atoms with E-state index in [2.05, 4.69) is 28.1 Å². The van der Waals surface area contributed by atoms with Gasteiger partial charge in [-0.25, -0.2) is 4.98 Å². The van der Waals surface area contributed by atoms with Gasteiger partial charge in [0.05, 0.1) is 24.8 Å². The molecule has 35 heavy (non-hydrogen) atoms. The number of methoxy groups -OCH3 is 1. The van der Waals surface area contributed by atoms with E-state index < -0.39 is 0 Å². The van der Waals surface area contributed by atoms with E-state index in [1.807, 2.05) is 60.7 Å². The summed E-state index contributed by atoms with van der Waals surface area (Å²) in [4.78, 5) is 17.1. The Bertz CT molecular complexity index is 1220. The predicted octanol–water partition coefficient (Wildman–Crippen LogP) is 5.20. The van der Waals surface area contributed by atoms with Crippen molar-refractivity contribution in [1.82, 2.24) is 14.9 Å². The maximum absolute atomic E-state index is 12.3. The van der Waals surface area contributed by atoms with E-state index in [0.717, 1.165) is 54.2 Å². The van der Waals surface area contributed by atoms with Crippen LogP contribution in [0.3, 0.4) is 0 Å². The zero-order valence-corrected chi connectivity index (χ0v) is 20.3. The zero-order chi connectivity index (χ0) is 24.3. The number of aromatic nitrogens is 2. The van der Waals surface area contributed by atoms with E-state index in [4.69, 9.17) is 14.5 Å². The second kappa shape index (κ2) is 12.6. The third kappa shape index (κ3) is 7.09. The molecule has 1 aromatic heterocycles. The van der Waals surface area contributed by atoms with Crippen molar-refractivity contribution >= 4 is 16.9 Å². The van der Waals surface area contributed by atoms with Crippen LogP contribution in [0.2, 0.25) is 0 Å². The summed E-state index contributed by atoms with van der Waals surface area (Å²) in [5, 5.41) is 3.05. The molecule has 3 aromatic carbocycles. The van der Waals surface area contributed by atoms with E-state index in [1.165, 1.54) is 5.56 Å². The highest BCUT2D eigenvalue weighted by atomic mass is 16.5. The van der Waals surface area contributed by atoms with E-state index in [0.29, 0.717) is 26.0 Å². The Kier molecular flexibility index (Phi) is 8.76. The number of imidazole rings is 1. The Morgan fingerprint density at radius 1 is 0.914 bits per heavy atom. The molecule has 0 radical (unpaired) electrons. The number of aryl methyl sites for hydroxylation is 2. The number of hydrogen-bond donors (Lipinski definition) is 1. The minimum Gasteiger partial charge on any atom is -0.497 e. The summed E-state index contributed by atoms with van der Waals surface area (Å²) >= 11 is 0. The molecular formula is C29H33N3O3. The molecule has 0 saturated carbocycles. The smallest absolute Gasteiger partial charge is 0.220 e. The number of rotatable bonds is 13. The maximum Gasteiger partial charge on any atom is 0.220 e. The first-order valence-corrected chi connectivity index (χ1v) is 12.2. The number of fused-ring (bicyclic) bond motifs is 1. The fraction of sp³-hybridized carbons (Fsp3) is 0.310. The van der Waals surface area contributed by atoms with Crippen LogP contribution < -0.4 is 14.8 Å². The first-order valence-electron chi connectivity index (χ1n) is 12.2. The van der Waals surface area contributed by atoms with Crippen molar-refractivity contribution in [3.8, 4) is 11.5 Å².